The summed E-state index contributed by atoms with van der Waals surface area (Å²) in [7, 11) is 0. The summed E-state index contributed by atoms with van der Waals surface area (Å²) < 4.78 is 10.4. The van der Waals surface area contributed by atoms with Crippen LogP contribution in [0.2, 0.25) is 0 Å². The smallest absolute Gasteiger partial charge is 0.318 e. The first-order chi connectivity index (χ1) is 9.97. The van der Waals surface area contributed by atoms with Crippen molar-refractivity contribution in [1.82, 2.24) is 10.1 Å². The van der Waals surface area contributed by atoms with Crippen molar-refractivity contribution in [2.45, 2.75) is 64.4 Å². The highest BCUT2D eigenvalue weighted by molar-refractivity contribution is 7.99. The third-order valence-corrected chi connectivity index (χ3v) is 4.46. The summed E-state index contributed by atoms with van der Waals surface area (Å²) in [6.45, 7) is 10.6. The number of rotatable bonds is 9. The molecule has 0 saturated heterocycles. The number of thioether (sulfide) groups is 1. The number of hydrogen-bond donors (Lipinski definition) is 0. The Kier molecular flexibility index (Phi) is 7.78. The fourth-order valence-corrected chi connectivity index (χ4v) is 2.60. The monoisotopic (exact) mass is 314 g/mol. The summed E-state index contributed by atoms with van der Waals surface area (Å²) in [5, 5.41) is 4.54. The molecule has 1 aromatic heterocycles. The van der Waals surface area contributed by atoms with Gasteiger partial charge in [-0.05, 0) is 25.7 Å². The Bertz CT molecular complexity index is 434. The van der Waals surface area contributed by atoms with Crippen LogP contribution >= 0.6 is 11.8 Å². The molecule has 6 heteroatoms. The fourth-order valence-electron chi connectivity index (χ4n) is 1.81. The van der Waals surface area contributed by atoms with Crippen molar-refractivity contribution in [3.63, 3.8) is 0 Å². The zero-order valence-corrected chi connectivity index (χ0v) is 14.4. The first-order valence-corrected chi connectivity index (χ1v) is 8.63. The number of carbonyl (C=O) groups excluding carboxylic acids is 1. The minimum absolute atomic E-state index is 0.282. The summed E-state index contributed by atoms with van der Waals surface area (Å²) in [4.78, 5) is 16.4. The van der Waals surface area contributed by atoms with Gasteiger partial charge in [-0.15, -0.1) is 0 Å². The number of hydrogen-bond acceptors (Lipinski definition) is 6. The van der Waals surface area contributed by atoms with Gasteiger partial charge >= 0.3 is 5.97 Å². The van der Waals surface area contributed by atoms with Gasteiger partial charge in [0.05, 0.1) is 12.4 Å². The van der Waals surface area contributed by atoms with Crippen molar-refractivity contribution in [1.29, 1.82) is 0 Å². The number of esters is 1. The van der Waals surface area contributed by atoms with E-state index in [1.807, 2.05) is 0 Å². The molecule has 1 rings (SSSR count). The highest BCUT2D eigenvalue weighted by Gasteiger charge is 2.29. The molecule has 1 heterocycles. The van der Waals surface area contributed by atoms with Gasteiger partial charge in [0.1, 0.15) is 5.92 Å². The second-order valence-electron chi connectivity index (χ2n) is 5.51. The van der Waals surface area contributed by atoms with Gasteiger partial charge in [0.2, 0.25) is 5.89 Å². The van der Waals surface area contributed by atoms with E-state index in [1.54, 1.807) is 18.7 Å². The average Bonchev–Trinajstić information content (AvgIpc) is 2.90. The molecule has 5 nitrogen and oxygen atoms in total. The molecule has 0 aliphatic rings. The minimum Gasteiger partial charge on any atom is -0.465 e. The van der Waals surface area contributed by atoms with E-state index in [4.69, 9.17) is 9.26 Å². The second-order valence-corrected chi connectivity index (χ2v) is 6.94. The molecule has 0 bridgehead atoms. The lowest BCUT2D eigenvalue weighted by Gasteiger charge is -2.13. The van der Waals surface area contributed by atoms with E-state index in [1.165, 1.54) is 0 Å². The minimum atomic E-state index is -0.459. The Morgan fingerprint density at radius 3 is 2.62 bits per heavy atom. The molecule has 0 fully saturated rings. The maximum Gasteiger partial charge on any atom is 0.318 e. The predicted octanol–water partition coefficient (Wildman–Crippen LogP) is 3.79. The zero-order chi connectivity index (χ0) is 15.8. The Labute approximate surface area is 131 Å². The first kappa shape index (κ1) is 18.0. The quantitative estimate of drug-likeness (QED) is 0.646. The predicted molar refractivity (Wildman–Crippen MR) is 84.2 cm³/mol. The Morgan fingerprint density at radius 1 is 1.33 bits per heavy atom. The lowest BCUT2D eigenvalue weighted by atomic mass is 9.97. The summed E-state index contributed by atoms with van der Waals surface area (Å²) in [5.41, 5.74) is 0. The molecule has 2 unspecified atom stereocenters. The Balaban J connectivity index is 2.74. The highest BCUT2D eigenvalue weighted by atomic mass is 32.2. The Morgan fingerprint density at radius 2 is 2.05 bits per heavy atom. The SMILES string of the molecule is CCOC(=O)C(CC(C)C)c1nc(CSC(C)CC)no1. The van der Waals surface area contributed by atoms with Gasteiger partial charge in [0, 0.05) is 5.25 Å². The summed E-state index contributed by atoms with van der Waals surface area (Å²) >= 11 is 1.79. The van der Waals surface area contributed by atoms with Crippen LogP contribution in [0.25, 0.3) is 0 Å². The van der Waals surface area contributed by atoms with Crippen LogP contribution < -0.4 is 0 Å². The van der Waals surface area contributed by atoms with Crippen molar-refractivity contribution in [3.05, 3.63) is 11.7 Å². The van der Waals surface area contributed by atoms with Crippen molar-refractivity contribution in [2.24, 2.45) is 5.92 Å². The zero-order valence-electron chi connectivity index (χ0n) is 13.6. The molecule has 0 spiro atoms. The van der Waals surface area contributed by atoms with Gasteiger partial charge < -0.3 is 9.26 Å². The van der Waals surface area contributed by atoms with Gasteiger partial charge in [-0.25, -0.2) is 0 Å². The standard InChI is InChI=1S/C15H26N2O3S/c1-6-11(5)21-9-13-16-14(20-17-13)12(8-10(3)4)15(18)19-7-2/h10-12H,6-9H2,1-5H3. The normalized spacial score (nSPS) is 14.2. The van der Waals surface area contributed by atoms with Crippen LogP contribution in [0.3, 0.4) is 0 Å². The maximum atomic E-state index is 12.0. The van der Waals surface area contributed by atoms with E-state index < -0.39 is 5.92 Å². The van der Waals surface area contributed by atoms with Crippen molar-refractivity contribution < 1.29 is 14.1 Å². The van der Waals surface area contributed by atoms with Crippen LogP contribution in [0.1, 0.15) is 65.1 Å². The van der Waals surface area contributed by atoms with Crippen molar-refractivity contribution in [2.75, 3.05) is 6.61 Å². The molecule has 0 aliphatic carbocycles. The molecule has 120 valence electrons. The molecule has 0 saturated carbocycles. The fraction of sp³-hybridized carbons (Fsp3) is 0.800. The van der Waals surface area contributed by atoms with E-state index in [-0.39, 0.29) is 5.97 Å². The van der Waals surface area contributed by atoms with Crippen molar-refractivity contribution in [3.8, 4) is 0 Å². The number of nitrogens with zero attached hydrogens (tertiary/aromatic N) is 2. The number of carbonyl (C=O) groups is 1. The molecular formula is C15H26N2O3S. The van der Waals surface area contributed by atoms with Crippen LogP contribution in [-0.4, -0.2) is 28.0 Å². The summed E-state index contributed by atoms with van der Waals surface area (Å²) in [6, 6.07) is 0. The first-order valence-electron chi connectivity index (χ1n) is 7.58. The van der Waals surface area contributed by atoms with E-state index in [2.05, 4.69) is 37.8 Å². The van der Waals surface area contributed by atoms with E-state index in [9.17, 15) is 4.79 Å². The van der Waals surface area contributed by atoms with Crippen LogP contribution in [0.5, 0.6) is 0 Å². The molecule has 2 atom stereocenters. The summed E-state index contributed by atoms with van der Waals surface area (Å²) in [5.74, 6) is 1.34. The van der Waals surface area contributed by atoms with Gasteiger partial charge in [0.15, 0.2) is 5.82 Å². The lowest BCUT2D eigenvalue weighted by Crippen LogP contribution is -2.18. The third-order valence-electron chi connectivity index (χ3n) is 3.13. The van der Waals surface area contributed by atoms with E-state index in [0.29, 0.717) is 41.7 Å². The topological polar surface area (TPSA) is 65.2 Å². The van der Waals surface area contributed by atoms with Crippen LogP contribution in [-0.2, 0) is 15.3 Å². The average molecular weight is 314 g/mol. The Hall–Kier alpha value is -1.04. The van der Waals surface area contributed by atoms with Crippen LogP contribution in [0, 0.1) is 5.92 Å². The van der Waals surface area contributed by atoms with Gasteiger partial charge in [-0.2, -0.15) is 16.7 Å². The van der Waals surface area contributed by atoms with Gasteiger partial charge in [-0.3, -0.25) is 4.79 Å². The van der Waals surface area contributed by atoms with Gasteiger partial charge in [0.25, 0.3) is 0 Å². The summed E-state index contributed by atoms with van der Waals surface area (Å²) in [6.07, 6.45) is 1.76. The third kappa shape index (κ3) is 6.08. The molecule has 0 amide bonds. The molecule has 0 N–H and O–H groups in total. The molecule has 0 aromatic carbocycles. The maximum absolute atomic E-state index is 12.0. The van der Waals surface area contributed by atoms with E-state index in [0.717, 1.165) is 6.42 Å². The number of ether oxygens (including phenoxy) is 1. The van der Waals surface area contributed by atoms with Crippen LogP contribution in [0.4, 0.5) is 0 Å². The molecular weight excluding hydrogens is 288 g/mol. The van der Waals surface area contributed by atoms with E-state index >= 15 is 0 Å². The second kappa shape index (κ2) is 9.07. The molecule has 0 aliphatic heterocycles. The van der Waals surface area contributed by atoms with Crippen LogP contribution in [0.15, 0.2) is 4.52 Å². The number of aromatic nitrogens is 2. The van der Waals surface area contributed by atoms with Gasteiger partial charge in [-0.1, -0.05) is 32.9 Å². The lowest BCUT2D eigenvalue weighted by molar-refractivity contribution is -0.146. The molecule has 1 aromatic rings. The highest BCUT2D eigenvalue weighted by Crippen LogP contribution is 2.25. The van der Waals surface area contributed by atoms with Crippen molar-refractivity contribution >= 4 is 17.7 Å². The molecule has 21 heavy (non-hydrogen) atoms. The largest absolute Gasteiger partial charge is 0.465 e. The molecule has 0 radical (unpaired) electrons.